The molecule has 0 radical (unpaired) electrons. The number of aromatic nitrogens is 2. The van der Waals surface area contributed by atoms with E-state index in [1.165, 1.54) is 29.7 Å². The van der Waals surface area contributed by atoms with E-state index in [0.29, 0.717) is 10.7 Å². The topological polar surface area (TPSA) is 74.8 Å². The van der Waals surface area contributed by atoms with Gasteiger partial charge in [0, 0.05) is 23.1 Å². The predicted molar refractivity (Wildman–Crippen MR) is 75.8 cm³/mol. The monoisotopic (exact) mass is 277 g/mol. The maximum Gasteiger partial charge on any atom is 0.258 e. The van der Waals surface area contributed by atoms with Crippen LogP contribution in [0.5, 0.6) is 0 Å². The highest BCUT2D eigenvalue weighted by molar-refractivity contribution is 7.14. The molecule has 0 aliphatic carbocycles. The SMILES string of the molecule is CC(C)(C)c1csc(NC(=O)c2ccc(=O)[nH]c2)n1. The minimum Gasteiger partial charge on any atom is -0.328 e. The minimum absolute atomic E-state index is 0.0442. The van der Waals surface area contributed by atoms with Gasteiger partial charge in [-0.2, -0.15) is 0 Å². The van der Waals surface area contributed by atoms with Gasteiger partial charge in [0.1, 0.15) is 0 Å². The Morgan fingerprint density at radius 2 is 2.11 bits per heavy atom. The van der Waals surface area contributed by atoms with Gasteiger partial charge in [0.15, 0.2) is 5.13 Å². The lowest BCUT2D eigenvalue weighted by Gasteiger charge is -2.14. The fourth-order valence-corrected chi connectivity index (χ4v) is 2.33. The summed E-state index contributed by atoms with van der Waals surface area (Å²) in [6.45, 7) is 6.20. The number of nitrogens with zero attached hydrogens (tertiary/aromatic N) is 1. The van der Waals surface area contributed by atoms with Crippen LogP contribution in [0.4, 0.5) is 5.13 Å². The molecule has 0 unspecified atom stereocenters. The van der Waals surface area contributed by atoms with Gasteiger partial charge < -0.3 is 4.98 Å². The second kappa shape index (κ2) is 4.97. The third kappa shape index (κ3) is 3.29. The van der Waals surface area contributed by atoms with E-state index in [9.17, 15) is 9.59 Å². The number of carbonyl (C=O) groups is 1. The summed E-state index contributed by atoms with van der Waals surface area (Å²) < 4.78 is 0. The minimum atomic E-state index is -0.286. The maximum absolute atomic E-state index is 11.9. The summed E-state index contributed by atoms with van der Waals surface area (Å²) in [5.41, 5.74) is 1.06. The number of anilines is 1. The van der Waals surface area contributed by atoms with Crippen molar-refractivity contribution >= 4 is 22.4 Å². The molecule has 1 amide bonds. The second-order valence-electron chi connectivity index (χ2n) is 5.18. The van der Waals surface area contributed by atoms with Crippen molar-refractivity contribution in [3.63, 3.8) is 0 Å². The number of hydrogen-bond donors (Lipinski definition) is 2. The van der Waals surface area contributed by atoms with Crippen molar-refractivity contribution in [3.05, 3.63) is 45.3 Å². The maximum atomic E-state index is 11.9. The van der Waals surface area contributed by atoms with Crippen LogP contribution in [0.25, 0.3) is 0 Å². The Morgan fingerprint density at radius 3 is 2.63 bits per heavy atom. The Kier molecular flexibility index (Phi) is 3.53. The number of carbonyl (C=O) groups excluding carboxylic acids is 1. The molecule has 0 aliphatic rings. The van der Waals surface area contributed by atoms with Crippen molar-refractivity contribution in [1.82, 2.24) is 9.97 Å². The van der Waals surface area contributed by atoms with Crippen molar-refractivity contribution in [2.75, 3.05) is 5.32 Å². The first kappa shape index (κ1) is 13.5. The zero-order valence-corrected chi connectivity index (χ0v) is 11.8. The van der Waals surface area contributed by atoms with Crippen LogP contribution in [-0.4, -0.2) is 15.9 Å². The molecule has 2 aromatic rings. The third-order valence-electron chi connectivity index (χ3n) is 2.54. The first-order chi connectivity index (χ1) is 8.86. The van der Waals surface area contributed by atoms with E-state index in [1.54, 1.807) is 0 Å². The van der Waals surface area contributed by atoms with Gasteiger partial charge in [-0.05, 0) is 6.07 Å². The molecule has 0 bridgehead atoms. The Bertz CT molecular complexity index is 632. The normalized spacial score (nSPS) is 11.3. The van der Waals surface area contributed by atoms with E-state index in [-0.39, 0.29) is 16.9 Å². The molecule has 100 valence electrons. The van der Waals surface area contributed by atoms with Gasteiger partial charge in [0.2, 0.25) is 5.56 Å². The molecule has 2 heterocycles. The summed E-state index contributed by atoms with van der Waals surface area (Å²) in [6.07, 6.45) is 1.38. The number of pyridine rings is 1. The number of hydrogen-bond acceptors (Lipinski definition) is 4. The van der Waals surface area contributed by atoms with Gasteiger partial charge >= 0.3 is 0 Å². The predicted octanol–water partition coefficient (Wildman–Crippen LogP) is 2.38. The molecular weight excluding hydrogens is 262 g/mol. The van der Waals surface area contributed by atoms with Crippen LogP contribution in [0.1, 0.15) is 36.8 Å². The molecule has 0 atom stereocenters. The fraction of sp³-hybridized carbons (Fsp3) is 0.308. The second-order valence-corrected chi connectivity index (χ2v) is 6.04. The zero-order chi connectivity index (χ0) is 14.0. The van der Waals surface area contributed by atoms with E-state index in [1.807, 2.05) is 5.38 Å². The van der Waals surface area contributed by atoms with Gasteiger partial charge in [-0.15, -0.1) is 11.3 Å². The third-order valence-corrected chi connectivity index (χ3v) is 3.30. The van der Waals surface area contributed by atoms with Crippen molar-refractivity contribution in [2.24, 2.45) is 0 Å². The Balaban J connectivity index is 2.13. The number of aromatic amines is 1. The lowest BCUT2D eigenvalue weighted by Crippen LogP contribution is -2.15. The van der Waals surface area contributed by atoms with Gasteiger partial charge in [0.05, 0.1) is 11.3 Å². The highest BCUT2D eigenvalue weighted by Gasteiger charge is 2.18. The average molecular weight is 277 g/mol. The molecule has 0 saturated carbocycles. The molecule has 5 nitrogen and oxygen atoms in total. The van der Waals surface area contributed by atoms with Crippen LogP contribution in [0.3, 0.4) is 0 Å². The van der Waals surface area contributed by atoms with E-state index in [0.717, 1.165) is 5.69 Å². The van der Waals surface area contributed by atoms with Crippen LogP contribution in [0.15, 0.2) is 28.5 Å². The number of amides is 1. The molecule has 0 aliphatic heterocycles. The first-order valence-corrected chi connectivity index (χ1v) is 6.70. The largest absolute Gasteiger partial charge is 0.328 e. The highest BCUT2D eigenvalue weighted by Crippen LogP contribution is 2.26. The Hall–Kier alpha value is -1.95. The number of H-pyrrole nitrogens is 1. The first-order valence-electron chi connectivity index (χ1n) is 5.82. The number of rotatable bonds is 2. The lowest BCUT2D eigenvalue weighted by molar-refractivity contribution is 0.102. The van der Waals surface area contributed by atoms with E-state index >= 15 is 0 Å². The molecule has 19 heavy (non-hydrogen) atoms. The summed E-state index contributed by atoms with van der Waals surface area (Å²) in [7, 11) is 0. The van der Waals surface area contributed by atoms with Crippen LogP contribution in [0.2, 0.25) is 0 Å². The standard InChI is InChI=1S/C13H15N3O2S/c1-13(2,3)9-7-19-12(15-9)16-11(18)8-4-5-10(17)14-6-8/h4-7H,1-3H3,(H,14,17)(H,15,16,18). The van der Waals surface area contributed by atoms with Crippen molar-refractivity contribution in [1.29, 1.82) is 0 Å². The van der Waals surface area contributed by atoms with Crippen LogP contribution < -0.4 is 10.9 Å². The quantitative estimate of drug-likeness (QED) is 0.885. The summed E-state index contributed by atoms with van der Waals surface area (Å²) in [5, 5.41) is 5.21. The summed E-state index contributed by atoms with van der Waals surface area (Å²) in [4.78, 5) is 29.7. The van der Waals surface area contributed by atoms with Crippen LogP contribution in [-0.2, 0) is 5.41 Å². The molecule has 0 saturated heterocycles. The molecule has 6 heteroatoms. The van der Waals surface area contributed by atoms with Gasteiger partial charge in [0.25, 0.3) is 5.91 Å². The van der Waals surface area contributed by atoms with Gasteiger partial charge in [-0.1, -0.05) is 20.8 Å². The van der Waals surface area contributed by atoms with Crippen LogP contribution in [0, 0.1) is 0 Å². The van der Waals surface area contributed by atoms with Crippen molar-refractivity contribution in [3.8, 4) is 0 Å². The molecule has 0 fully saturated rings. The molecule has 2 N–H and O–H groups in total. The van der Waals surface area contributed by atoms with Gasteiger partial charge in [-0.25, -0.2) is 4.98 Å². The molecule has 0 spiro atoms. The Labute approximate surface area is 114 Å². The molecule has 2 aromatic heterocycles. The van der Waals surface area contributed by atoms with Crippen LogP contribution >= 0.6 is 11.3 Å². The average Bonchev–Trinajstić information content (AvgIpc) is 2.78. The van der Waals surface area contributed by atoms with Gasteiger partial charge in [-0.3, -0.25) is 14.9 Å². The number of thiazole rings is 1. The van der Waals surface area contributed by atoms with E-state index < -0.39 is 0 Å². The fourth-order valence-electron chi connectivity index (χ4n) is 1.40. The lowest BCUT2D eigenvalue weighted by atomic mass is 9.93. The van der Waals surface area contributed by atoms with E-state index in [2.05, 4.69) is 36.1 Å². The summed E-state index contributed by atoms with van der Waals surface area (Å²) in [5.74, 6) is -0.286. The van der Waals surface area contributed by atoms with Crippen molar-refractivity contribution < 1.29 is 4.79 Å². The summed E-state index contributed by atoms with van der Waals surface area (Å²) >= 11 is 1.39. The van der Waals surface area contributed by atoms with Crippen molar-refractivity contribution in [2.45, 2.75) is 26.2 Å². The smallest absolute Gasteiger partial charge is 0.258 e. The van der Waals surface area contributed by atoms with E-state index in [4.69, 9.17) is 0 Å². The molecule has 2 rings (SSSR count). The highest BCUT2D eigenvalue weighted by atomic mass is 32.1. The zero-order valence-electron chi connectivity index (χ0n) is 11.0. The summed E-state index contributed by atoms with van der Waals surface area (Å²) in [6, 6.07) is 2.80. The number of nitrogens with one attached hydrogen (secondary N) is 2. The molecular formula is C13H15N3O2S. The Morgan fingerprint density at radius 1 is 1.37 bits per heavy atom. The molecule has 0 aromatic carbocycles.